The van der Waals surface area contributed by atoms with E-state index in [0.717, 1.165) is 30.8 Å². The van der Waals surface area contributed by atoms with E-state index in [9.17, 15) is 0 Å². The first-order valence-electron chi connectivity index (χ1n) is 8.27. The minimum absolute atomic E-state index is 0.247. The summed E-state index contributed by atoms with van der Waals surface area (Å²) in [7, 11) is 0. The molecule has 132 valence electrons. The molecule has 3 N–H and O–H groups in total. The fraction of sp³-hybridized carbons (Fsp3) is 0.529. The van der Waals surface area contributed by atoms with Crippen LogP contribution in [-0.2, 0) is 6.61 Å². The standard InChI is InChI=1S/C17H26N4O2S/c1-13(2)14-6-8-15(9-7-14)23-12-16-19-20-17(21(16)18)24-11-5-3-4-10-22/h6-9,13,22H,3-5,10-12,18H2,1-2H3. The van der Waals surface area contributed by atoms with Crippen LogP contribution in [0.25, 0.3) is 0 Å². The van der Waals surface area contributed by atoms with Crippen LogP contribution in [0.5, 0.6) is 5.75 Å². The molecule has 0 bridgehead atoms. The van der Waals surface area contributed by atoms with Gasteiger partial charge in [0.05, 0.1) is 0 Å². The van der Waals surface area contributed by atoms with Gasteiger partial charge in [-0.1, -0.05) is 44.2 Å². The molecule has 0 aliphatic heterocycles. The molecule has 0 fully saturated rings. The SMILES string of the molecule is CC(C)c1ccc(OCc2nnc(SCCCCCO)n2N)cc1. The number of aliphatic hydroxyl groups is 1. The van der Waals surface area contributed by atoms with Crippen LogP contribution < -0.4 is 10.6 Å². The summed E-state index contributed by atoms with van der Waals surface area (Å²) < 4.78 is 7.22. The summed E-state index contributed by atoms with van der Waals surface area (Å²) in [6.45, 7) is 4.86. The number of nitrogens with two attached hydrogens (primary N) is 1. The van der Waals surface area contributed by atoms with Crippen molar-refractivity contribution in [3.8, 4) is 5.75 Å². The van der Waals surface area contributed by atoms with E-state index >= 15 is 0 Å². The van der Waals surface area contributed by atoms with Crippen molar-refractivity contribution in [2.75, 3.05) is 18.2 Å². The molecule has 2 rings (SSSR count). The zero-order valence-electron chi connectivity index (χ0n) is 14.3. The number of hydrogen-bond donors (Lipinski definition) is 2. The van der Waals surface area contributed by atoms with Crippen LogP contribution >= 0.6 is 11.8 Å². The lowest BCUT2D eigenvalue weighted by molar-refractivity contribution is 0.284. The molecule has 0 spiro atoms. The van der Waals surface area contributed by atoms with Crippen molar-refractivity contribution in [1.29, 1.82) is 0 Å². The van der Waals surface area contributed by atoms with Gasteiger partial charge in [0.25, 0.3) is 0 Å². The Kier molecular flexibility index (Phi) is 7.39. The van der Waals surface area contributed by atoms with Gasteiger partial charge in [-0.2, -0.15) is 0 Å². The van der Waals surface area contributed by atoms with E-state index in [-0.39, 0.29) is 13.2 Å². The maximum absolute atomic E-state index is 8.76. The van der Waals surface area contributed by atoms with Gasteiger partial charge in [0.15, 0.2) is 5.82 Å². The zero-order chi connectivity index (χ0) is 17.4. The van der Waals surface area contributed by atoms with E-state index in [4.69, 9.17) is 15.7 Å². The van der Waals surface area contributed by atoms with E-state index in [2.05, 4.69) is 36.2 Å². The number of ether oxygens (including phenoxy) is 1. The second kappa shape index (κ2) is 9.54. The Morgan fingerprint density at radius 3 is 2.58 bits per heavy atom. The fourth-order valence-electron chi connectivity index (χ4n) is 2.16. The lowest BCUT2D eigenvalue weighted by Gasteiger charge is -2.09. The number of unbranched alkanes of at least 4 members (excludes halogenated alkanes) is 2. The number of nitrogen functional groups attached to an aromatic ring is 1. The first kappa shape index (κ1) is 18.6. The predicted octanol–water partition coefficient (Wildman–Crippen LogP) is 2.95. The molecule has 0 unspecified atom stereocenters. The predicted molar refractivity (Wildman–Crippen MR) is 96.7 cm³/mol. The smallest absolute Gasteiger partial charge is 0.209 e. The molecule has 0 aliphatic rings. The van der Waals surface area contributed by atoms with Crippen LogP contribution in [0.3, 0.4) is 0 Å². The third-order valence-electron chi connectivity index (χ3n) is 3.68. The Hall–Kier alpha value is -1.73. The fourth-order valence-corrected chi connectivity index (χ4v) is 3.03. The molecule has 7 heteroatoms. The van der Waals surface area contributed by atoms with E-state index in [1.807, 2.05) is 12.1 Å². The van der Waals surface area contributed by atoms with Gasteiger partial charge in [-0.3, -0.25) is 0 Å². The van der Waals surface area contributed by atoms with Crippen molar-refractivity contribution in [1.82, 2.24) is 14.9 Å². The monoisotopic (exact) mass is 350 g/mol. The second-order valence-electron chi connectivity index (χ2n) is 5.91. The summed E-state index contributed by atoms with van der Waals surface area (Å²) in [5, 5.41) is 17.6. The third-order valence-corrected chi connectivity index (χ3v) is 4.71. The molecule has 6 nitrogen and oxygen atoms in total. The average Bonchev–Trinajstić information content (AvgIpc) is 2.93. The van der Waals surface area contributed by atoms with Gasteiger partial charge in [0, 0.05) is 12.4 Å². The van der Waals surface area contributed by atoms with E-state index in [1.54, 1.807) is 11.8 Å². The number of aromatic nitrogens is 3. The van der Waals surface area contributed by atoms with Gasteiger partial charge in [0.1, 0.15) is 12.4 Å². The topological polar surface area (TPSA) is 86.2 Å². The highest BCUT2D eigenvalue weighted by Crippen LogP contribution is 2.20. The summed E-state index contributed by atoms with van der Waals surface area (Å²) in [6, 6.07) is 8.06. The Morgan fingerprint density at radius 1 is 1.17 bits per heavy atom. The van der Waals surface area contributed by atoms with Gasteiger partial charge in [-0.05, 0) is 36.5 Å². The maximum atomic E-state index is 8.76. The molecule has 24 heavy (non-hydrogen) atoms. The van der Waals surface area contributed by atoms with E-state index < -0.39 is 0 Å². The first-order valence-corrected chi connectivity index (χ1v) is 9.26. The highest BCUT2D eigenvalue weighted by Gasteiger charge is 2.10. The molecule has 0 amide bonds. The minimum Gasteiger partial charge on any atom is -0.486 e. The number of nitrogens with zero attached hydrogens (tertiary/aromatic N) is 3. The first-order chi connectivity index (χ1) is 11.6. The van der Waals surface area contributed by atoms with E-state index in [1.165, 1.54) is 10.2 Å². The molecule has 1 aromatic heterocycles. The summed E-state index contributed by atoms with van der Waals surface area (Å²) >= 11 is 1.57. The maximum Gasteiger partial charge on any atom is 0.209 e. The van der Waals surface area contributed by atoms with Crippen LogP contribution in [0, 0.1) is 0 Å². The number of rotatable bonds is 10. The molecule has 0 radical (unpaired) electrons. The molecule has 1 aromatic carbocycles. The van der Waals surface area contributed by atoms with Crippen LogP contribution in [-0.4, -0.2) is 32.3 Å². The van der Waals surface area contributed by atoms with Gasteiger partial charge in [-0.15, -0.1) is 10.2 Å². The Morgan fingerprint density at radius 2 is 1.92 bits per heavy atom. The van der Waals surface area contributed by atoms with Crippen molar-refractivity contribution in [3.05, 3.63) is 35.7 Å². The van der Waals surface area contributed by atoms with Crippen molar-refractivity contribution in [3.63, 3.8) is 0 Å². The summed E-state index contributed by atoms with van der Waals surface area (Å²) in [4.78, 5) is 0. The third kappa shape index (κ3) is 5.42. The van der Waals surface area contributed by atoms with Gasteiger partial charge < -0.3 is 15.7 Å². The van der Waals surface area contributed by atoms with Crippen LogP contribution in [0.2, 0.25) is 0 Å². The largest absolute Gasteiger partial charge is 0.486 e. The number of thioether (sulfide) groups is 1. The van der Waals surface area contributed by atoms with Crippen molar-refractivity contribution in [2.24, 2.45) is 0 Å². The summed E-state index contributed by atoms with van der Waals surface area (Å²) in [5.41, 5.74) is 1.28. The molecular formula is C17H26N4O2S. The summed E-state index contributed by atoms with van der Waals surface area (Å²) in [5.74, 6) is 8.83. The number of benzene rings is 1. The van der Waals surface area contributed by atoms with Crippen LogP contribution in [0.4, 0.5) is 0 Å². The normalized spacial score (nSPS) is 11.2. The molecule has 2 aromatic rings. The average molecular weight is 350 g/mol. The minimum atomic E-state index is 0.247. The quantitative estimate of drug-likeness (QED) is 0.389. The lowest BCUT2D eigenvalue weighted by atomic mass is 10.0. The van der Waals surface area contributed by atoms with Crippen molar-refractivity contribution < 1.29 is 9.84 Å². The molecule has 0 saturated carbocycles. The Labute approximate surface area is 147 Å². The zero-order valence-corrected chi connectivity index (χ0v) is 15.1. The molecular weight excluding hydrogens is 324 g/mol. The van der Waals surface area contributed by atoms with Crippen LogP contribution in [0.15, 0.2) is 29.4 Å². The highest BCUT2D eigenvalue weighted by atomic mass is 32.2. The Bertz CT molecular complexity index is 614. The second-order valence-corrected chi connectivity index (χ2v) is 6.98. The Balaban J connectivity index is 1.82. The van der Waals surface area contributed by atoms with Crippen molar-refractivity contribution in [2.45, 2.75) is 50.8 Å². The van der Waals surface area contributed by atoms with Crippen LogP contribution in [0.1, 0.15) is 50.4 Å². The number of aliphatic hydroxyl groups excluding tert-OH is 1. The number of hydrogen-bond acceptors (Lipinski definition) is 6. The molecule has 0 saturated heterocycles. The molecule has 1 heterocycles. The highest BCUT2D eigenvalue weighted by molar-refractivity contribution is 7.99. The van der Waals surface area contributed by atoms with Gasteiger partial charge in [0.2, 0.25) is 5.16 Å². The lowest BCUT2D eigenvalue weighted by Crippen LogP contribution is -2.15. The van der Waals surface area contributed by atoms with Crippen molar-refractivity contribution >= 4 is 11.8 Å². The summed E-state index contributed by atoms with van der Waals surface area (Å²) in [6.07, 6.45) is 2.86. The van der Waals surface area contributed by atoms with E-state index in [0.29, 0.717) is 16.9 Å². The van der Waals surface area contributed by atoms with Gasteiger partial charge >= 0.3 is 0 Å². The molecule has 0 aliphatic carbocycles. The van der Waals surface area contributed by atoms with Gasteiger partial charge in [-0.25, -0.2) is 4.68 Å². The molecule has 0 atom stereocenters.